The van der Waals surface area contributed by atoms with E-state index < -0.39 is 33.1 Å². The molecule has 2 rings (SSSR count). The van der Waals surface area contributed by atoms with E-state index in [-0.39, 0.29) is 4.90 Å². The molecule has 0 saturated carbocycles. The molecule has 1 atom stereocenters. The van der Waals surface area contributed by atoms with E-state index in [1.165, 1.54) is 29.7 Å². The highest BCUT2D eigenvalue weighted by Crippen LogP contribution is 2.19. The molecular weight excluding hydrogens is 386 g/mol. The number of sulfone groups is 1. The number of urea groups is 1. The van der Waals surface area contributed by atoms with Crippen LogP contribution in [0.5, 0.6) is 0 Å². The second kappa shape index (κ2) is 8.38. The summed E-state index contributed by atoms with van der Waals surface area (Å²) in [5.41, 5.74) is 0.926. The van der Waals surface area contributed by atoms with E-state index in [9.17, 15) is 23.1 Å². The third kappa shape index (κ3) is 5.52. The Morgan fingerprint density at radius 2 is 1.43 bits per heavy atom. The molecule has 0 spiro atoms. The number of rotatable bonds is 6. The minimum atomic E-state index is -4.02. The van der Waals surface area contributed by atoms with Crippen LogP contribution in [0.25, 0.3) is 0 Å². The van der Waals surface area contributed by atoms with Crippen molar-refractivity contribution in [3.05, 3.63) is 54.1 Å². The summed E-state index contributed by atoms with van der Waals surface area (Å²) in [6.07, 6.45) is 0. The molecule has 0 aliphatic rings. The molecule has 5 N–H and O–H groups in total. The predicted molar refractivity (Wildman–Crippen MR) is 103 cm³/mol. The fraction of sp³-hybridized carbons (Fsp3) is 0.222. The summed E-state index contributed by atoms with van der Waals surface area (Å²) in [5, 5.41) is 23.7. The molecule has 0 heterocycles. The van der Waals surface area contributed by atoms with Crippen LogP contribution in [0, 0.1) is 6.92 Å². The van der Waals surface area contributed by atoms with Gasteiger partial charge in [0.1, 0.15) is 0 Å². The fourth-order valence-electron chi connectivity index (χ4n) is 2.32. The highest BCUT2D eigenvalue weighted by molar-refractivity contribution is 7.91. The van der Waals surface area contributed by atoms with Crippen LogP contribution in [0.4, 0.5) is 16.2 Å². The van der Waals surface area contributed by atoms with E-state index in [2.05, 4.69) is 10.6 Å². The quantitative estimate of drug-likeness (QED) is 0.364. The van der Waals surface area contributed by atoms with Crippen molar-refractivity contribution in [2.45, 2.75) is 24.3 Å². The maximum atomic E-state index is 12.3. The van der Waals surface area contributed by atoms with Crippen LogP contribution in [0.2, 0.25) is 0 Å². The van der Waals surface area contributed by atoms with E-state index in [1.807, 2.05) is 19.1 Å². The van der Waals surface area contributed by atoms with E-state index in [0.29, 0.717) is 11.4 Å². The van der Waals surface area contributed by atoms with E-state index in [4.69, 9.17) is 5.21 Å². The number of aliphatic hydroxyl groups is 1. The van der Waals surface area contributed by atoms with Gasteiger partial charge in [-0.05, 0) is 50.2 Å². The van der Waals surface area contributed by atoms with Crippen molar-refractivity contribution in [3.63, 3.8) is 0 Å². The summed E-state index contributed by atoms with van der Waals surface area (Å²) < 4.78 is 24.7. The third-order valence-corrected chi connectivity index (χ3v) is 5.78. The van der Waals surface area contributed by atoms with Gasteiger partial charge < -0.3 is 15.7 Å². The molecule has 0 radical (unpaired) electrons. The molecule has 1 unspecified atom stereocenters. The van der Waals surface area contributed by atoms with Crippen LogP contribution < -0.4 is 16.1 Å². The second-order valence-electron chi connectivity index (χ2n) is 6.44. The molecule has 2 aromatic carbocycles. The number of hydrogen-bond acceptors (Lipinski definition) is 6. The average molecular weight is 407 g/mol. The number of carbonyl (C=O) groups excluding carboxylic acids is 2. The van der Waals surface area contributed by atoms with Crippen LogP contribution in [-0.2, 0) is 14.6 Å². The maximum Gasteiger partial charge on any atom is 0.323 e. The van der Waals surface area contributed by atoms with Gasteiger partial charge in [-0.15, -0.1) is 0 Å². The average Bonchev–Trinajstić information content (AvgIpc) is 2.62. The molecule has 150 valence electrons. The summed E-state index contributed by atoms with van der Waals surface area (Å²) in [7, 11) is -4.02. The molecule has 28 heavy (non-hydrogen) atoms. The summed E-state index contributed by atoms with van der Waals surface area (Å²) in [6, 6.07) is 11.9. The summed E-state index contributed by atoms with van der Waals surface area (Å²) in [6.45, 7) is 2.90. The van der Waals surface area contributed by atoms with E-state index in [1.54, 1.807) is 12.1 Å². The fourth-order valence-corrected chi connectivity index (χ4v) is 3.90. The van der Waals surface area contributed by atoms with Crippen molar-refractivity contribution in [1.82, 2.24) is 5.48 Å². The Morgan fingerprint density at radius 3 is 1.89 bits per heavy atom. The number of carbonyl (C=O) groups is 2. The van der Waals surface area contributed by atoms with Gasteiger partial charge in [0.15, 0.2) is 15.4 Å². The Balaban J connectivity index is 2.05. The number of hydroxylamine groups is 1. The van der Waals surface area contributed by atoms with Gasteiger partial charge >= 0.3 is 6.03 Å². The molecule has 2 aromatic rings. The molecule has 0 aromatic heterocycles. The highest BCUT2D eigenvalue weighted by atomic mass is 32.2. The zero-order valence-corrected chi connectivity index (χ0v) is 16.1. The van der Waals surface area contributed by atoms with Gasteiger partial charge in [0.2, 0.25) is 0 Å². The normalized spacial score (nSPS) is 13.3. The van der Waals surface area contributed by atoms with Crippen LogP contribution >= 0.6 is 0 Å². The van der Waals surface area contributed by atoms with Gasteiger partial charge in [0.05, 0.1) is 10.6 Å². The van der Waals surface area contributed by atoms with Gasteiger partial charge in [-0.1, -0.05) is 17.7 Å². The molecule has 9 nitrogen and oxygen atoms in total. The largest absolute Gasteiger partial charge is 0.379 e. The Hall–Kier alpha value is -2.95. The van der Waals surface area contributed by atoms with Gasteiger partial charge in [0.25, 0.3) is 5.91 Å². The lowest BCUT2D eigenvalue weighted by Crippen LogP contribution is -2.48. The van der Waals surface area contributed by atoms with Crippen molar-refractivity contribution in [3.8, 4) is 0 Å². The van der Waals surface area contributed by atoms with E-state index >= 15 is 0 Å². The highest BCUT2D eigenvalue weighted by Gasteiger charge is 2.36. The molecule has 0 aliphatic carbocycles. The lowest BCUT2D eigenvalue weighted by atomic mass is 10.1. The second-order valence-corrected chi connectivity index (χ2v) is 8.43. The Morgan fingerprint density at radius 1 is 0.964 bits per heavy atom. The van der Waals surface area contributed by atoms with Crippen LogP contribution in [0.15, 0.2) is 53.4 Å². The zero-order valence-electron chi connectivity index (χ0n) is 15.3. The standard InChI is InChI=1S/C18H21N3O6S/c1-12-3-5-13(6-4-12)19-17(23)20-14-7-9-15(10-8-14)28(26,27)11-18(2,24)16(22)21-25/h3-10,24-25H,11H2,1-2H3,(H,21,22)(H2,19,20,23). The number of nitrogens with one attached hydrogen (secondary N) is 3. The van der Waals surface area contributed by atoms with Crippen LogP contribution in [0.3, 0.4) is 0 Å². The summed E-state index contributed by atoms with van der Waals surface area (Å²) in [4.78, 5) is 23.2. The smallest absolute Gasteiger partial charge is 0.323 e. The lowest BCUT2D eigenvalue weighted by molar-refractivity contribution is -0.144. The number of aryl methyl sites for hydroxylation is 1. The van der Waals surface area contributed by atoms with Gasteiger partial charge in [0, 0.05) is 11.4 Å². The van der Waals surface area contributed by atoms with Crippen molar-refractivity contribution in [2.24, 2.45) is 0 Å². The van der Waals surface area contributed by atoms with Gasteiger partial charge in [-0.3, -0.25) is 10.0 Å². The molecular formula is C18H21N3O6S. The molecule has 3 amide bonds. The van der Waals surface area contributed by atoms with Gasteiger partial charge in [-0.25, -0.2) is 18.7 Å². The van der Waals surface area contributed by atoms with Crippen molar-refractivity contribution in [1.29, 1.82) is 0 Å². The molecule has 0 saturated heterocycles. The summed E-state index contributed by atoms with van der Waals surface area (Å²) >= 11 is 0. The zero-order chi connectivity index (χ0) is 20.9. The summed E-state index contributed by atoms with van der Waals surface area (Å²) in [5.74, 6) is -2.16. The third-order valence-electron chi connectivity index (χ3n) is 3.84. The van der Waals surface area contributed by atoms with E-state index in [0.717, 1.165) is 12.5 Å². The first kappa shape index (κ1) is 21.4. The molecule has 0 bridgehead atoms. The Kier molecular flexibility index (Phi) is 6.39. The minimum absolute atomic E-state index is 0.150. The van der Waals surface area contributed by atoms with Crippen molar-refractivity contribution in [2.75, 3.05) is 16.4 Å². The number of anilines is 2. The first-order valence-electron chi connectivity index (χ1n) is 8.18. The molecule has 0 aliphatic heterocycles. The lowest BCUT2D eigenvalue weighted by Gasteiger charge is -2.20. The SMILES string of the molecule is Cc1ccc(NC(=O)Nc2ccc(S(=O)(=O)CC(C)(O)C(=O)NO)cc2)cc1. The first-order valence-corrected chi connectivity index (χ1v) is 9.83. The van der Waals surface area contributed by atoms with Crippen LogP contribution in [-0.4, -0.2) is 42.0 Å². The van der Waals surface area contributed by atoms with Crippen molar-refractivity contribution >= 4 is 33.2 Å². The van der Waals surface area contributed by atoms with Crippen molar-refractivity contribution < 1.29 is 28.3 Å². The Bertz CT molecular complexity index is 954. The predicted octanol–water partition coefficient (Wildman–Crippen LogP) is 1.67. The number of hydrogen-bond donors (Lipinski definition) is 5. The van der Waals surface area contributed by atoms with Crippen LogP contribution in [0.1, 0.15) is 12.5 Å². The molecule has 10 heteroatoms. The molecule has 0 fully saturated rings. The Labute approximate surface area is 162 Å². The minimum Gasteiger partial charge on any atom is -0.379 e. The monoisotopic (exact) mass is 407 g/mol. The first-order chi connectivity index (χ1) is 13.0. The maximum absolute atomic E-state index is 12.3. The number of amides is 3. The van der Waals surface area contributed by atoms with Gasteiger partial charge in [-0.2, -0.15) is 0 Å². The topological polar surface area (TPSA) is 145 Å². The number of benzene rings is 2.